The summed E-state index contributed by atoms with van der Waals surface area (Å²) in [5.74, 6) is 0. The van der Waals surface area contributed by atoms with Gasteiger partial charge in [-0.2, -0.15) is 0 Å². The number of piperidine rings is 1. The van der Waals surface area contributed by atoms with Gasteiger partial charge in [-0.05, 0) is 57.8 Å². The van der Waals surface area contributed by atoms with Crippen LogP contribution < -0.4 is 4.72 Å². The number of rotatable bonds is 7. The second-order valence-corrected chi connectivity index (χ2v) is 7.93. The Morgan fingerprint density at radius 2 is 1.95 bits per heavy atom. The first kappa shape index (κ1) is 17.4. The summed E-state index contributed by atoms with van der Waals surface area (Å²) in [6.45, 7) is 6.83. The first-order valence-electron chi connectivity index (χ1n) is 8.33. The molecule has 1 fully saturated rings. The van der Waals surface area contributed by atoms with Gasteiger partial charge in [-0.3, -0.25) is 0 Å². The molecule has 1 aromatic rings. The molecule has 0 amide bonds. The van der Waals surface area contributed by atoms with Crippen molar-refractivity contribution in [3.05, 3.63) is 29.8 Å². The predicted octanol–water partition coefficient (Wildman–Crippen LogP) is 2.93. The molecule has 5 heteroatoms. The average molecular weight is 324 g/mol. The quantitative estimate of drug-likeness (QED) is 0.785. The van der Waals surface area contributed by atoms with Crippen LogP contribution in [-0.4, -0.2) is 39.0 Å². The Morgan fingerprint density at radius 1 is 1.23 bits per heavy atom. The zero-order valence-corrected chi connectivity index (χ0v) is 14.5. The Labute approximate surface area is 135 Å². The molecule has 1 heterocycles. The summed E-state index contributed by atoms with van der Waals surface area (Å²) in [7, 11) is -3.37. The average Bonchev–Trinajstić information content (AvgIpc) is 2.52. The van der Waals surface area contributed by atoms with E-state index >= 15 is 0 Å². The van der Waals surface area contributed by atoms with Gasteiger partial charge in [-0.1, -0.05) is 31.0 Å². The molecular formula is C17H28N2O2S. The molecule has 1 N–H and O–H groups in total. The molecule has 0 aromatic heterocycles. The van der Waals surface area contributed by atoms with Crippen molar-refractivity contribution in [1.29, 1.82) is 0 Å². The van der Waals surface area contributed by atoms with Crippen LogP contribution in [0.5, 0.6) is 0 Å². The second-order valence-electron chi connectivity index (χ2n) is 6.16. The number of nitrogens with zero attached hydrogens (tertiary/aromatic N) is 1. The zero-order valence-electron chi connectivity index (χ0n) is 13.7. The van der Waals surface area contributed by atoms with Gasteiger partial charge in [-0.25, -0.2) is 13.1 Å². The van der Waals surface area contributed by atoms with E-state index in [0.717, 1.165) is 25.1 Å². The van der Waals surface area contributed by atoms with E-state index in [2.05, 4.69) is 16.5 Å². The number of likely N-dealkylation sites (tertiary alicyclic amines) is 1. The summed E-state index contributed by atoms with van der Waals surface area (Å²) in [5, 5.41) is 0. The van der Waals surface area contributed by atoms with Crippen LogP contribution >= 0.6 is 0 Å². The lowest BCUT2D eigenvalue weighted by atomic mass is 10.00. The topological polar surface area (TPSA) is 49.4 Å². The maximum absolute atomic E-state index is 12.2. The Balaban J connectivity index is 1.79. The summed E-state index contributed by atoms with van der Waals surface area (Å²) in [5.41, 5.74) is 1.06. The second kappa shape index (κ2) is 8.09. The summed E-state index contributed by atoms with van der Waals surface area (Å²) in [4.78, 5) is 2.87. The van der Waals surface area contributed by atoms with Gasteiger partial charge in [0.25, 0.3) is 0 Å². The van der Waals surface area contributed by atoms with Crippen LogP contribution in [0.3, 0.4) is 0 Å². The summed E-state index contributed by atoms with van der Waals surface area (Å²) in [6, 6.07) is 7.66. The van der Waals surface area contributed by atoms with Gasteiger partial charge in [0.2, 0.25) is 10.0 Å². The lowest BCUT2D eigenvalue weighted by molar-refractivity contribution is 0.143. The smallest absolute Gasteiger partial charge is 0.240 e. The van der Waals surface area contributed by atoms with Crippen LogP contribution in [-0.2, 0) is 10.0 Å². The van der Waals surface area contributed by atoms with Crippen LogP contribution in [0.2, 0.25) is 0 Å². The van der Waals surface area contributed by atoms with Crippen LogP contribution in [0.15, 0.2) is 29.2 Å². The number of aryl methyl sites for hydroxylation is 1. The Hall–Kier alpha value is -0.910. The zero-order chi connectivity index (χ0) is 16.0. The van der Waals surface area contributed by atoms with Gasteiger partial charge in [0.15, 0.2) is 0 Å². The third-order valence-corrected chi connectivity index (χ3v) is 5.94. The maximum Gasteiger partial charge on any atom is 0.240 e. The van der Waals surface area contributed by atoms with Crippen LogP contribution in [0, 0.1) is 6.92 Å². The first-order valence-corrected chi connectivity index (χ1v) is 9.81. The molecule has 0 unspecified atom stereocenters. The molecule has 1 saturated heterocycles. The predicted molar refractivity (Wildman–Crippen MR) is 90.5 cm³/mol. The number of hydrogen-bond acceptors (Lipinski definition) is 3. The Kier molecular flexibility index (Phi) is 6.41. The number of benzene rings is 1. The highest BCUT2D eigenvalue weighted by Crippen LogP contribution is 2.19. The Bertz CT molecular complexity index is 555. The number of sulfonamides is 1. The van der Waals surface area contributed by atoms with Crippen LogP contribution in [0.4, 0.5) is 0 Å². The lowest BCUT2D eigenvalue weighted by Crippen LogP contribution is -2.40. The fraction of sp³-hybridized carbons (Fsp3) is 0.647. The largest absolute Gasteiger partial charge is 0.300 e. The molecule has 1 aromatic carbocycles. The monoisotopic (exact) mass is 324 g/mol. The molecule has 1 aliphatic rings. The van der Waals surface area contributed by atoms with Gasteiger partial charge in [-0.15, -0.1) is 0 Å². The van der Waals surface area contributed by atoms with E-state index in [1.807, 2.05) is 19.1 Å². The van der Waals surface area contributed by atoms with Gasteiger partial charge < -0.3 is 4.90 Å². The molecule has 1 atom stereocenters. The molecule has 0 radical (unpaired) electrons. The molecule has 0 bridgehead atoms. The normalized spacial score (nSPS) is 20.2. The Morgan fingerprint density at radius 3 is 2.64 bits per heavy atom. The minimum atomic E-state index is -3.37. The first-order chi connectivity index (χ1) is 10.5. The van der Waals surface area contributed by atoms with E-state index in [-0.39, 0.29) is 0 Å². The van der Waals surface area contributed by atoms with Crippen molar-refractivity contribution in [2.24, 2.45) is 0 Å². The van der Waals surface area contributed by atoms with Crippen LogP contribution in [0.1, 0.15) is 44.6 Å². The van der Waals surface area contributed by atoms with Crippen molar-refractivity contribution in [2.75, 3.05) is 19.6 Å². The maximum atomic E-state index is 12.2. The third kappa shape index (κ3) is 4.80. The summed E-state index contributed by atoms with van der Waals surface area (Å²) < 4.78 is 27.1. The van der Waals surface area contributed by atoms with Crippen LogP contribution in [0.25, 0.3) is 0 Å². The molecule has 2 rings (SSSR count). The SMILES string of the molecule is CC[C@H]1CCCCN1CCCNS(=O)(=O)c1ccc(C)cc1. The standard InChI is InChI=1S/C17H28N2O2S/c1-3-16-7-4-5-13-19(16)14-6-12-18-22(20,21)17-10-8-15(2)9-11-17/h8-11,16,18H,3-7,12-14H2,1-2H3/t16-/m0/s1. The van der Waals surface area contributed by atoms with E-state index in [0.29, 0.717) is 17.5 Å². The van der Waals surface area contributed by atoms with Gasteiger partial charge in [0.05, 0.1) is 4.90 Å². The van der Waals surface area contributed by atoms with E-state index in [9.17, 15) is 8.42 Å². The van der Waals surface area contributed by atoms with Crippen molar-refractivity contribution in [1.82, 2.24) is 9.62 Å². The molecule has 1 aliphatic heterocycles. The van der Waals surface area contributed by atoms with Crippen molar-refractivity contribution in [3.63, 3.8) is 0 Å². The van der Waals surface area contributed by atoms with E-state index < -0.39 is 10.0 Å². The molecule has 0 saturated carbocycles. The molecule has 124 valence electrons. The summed E-state index contributed by atoms with van der Waals surface area (Å²) in [6.07, 6.45) is 5.93. The summed E-state index contributed by atoms with van der Waals surface area (Å²) >= 11 is 0. The van der Waals surface area contributed by atoms with Crippen molar-refractivity contribution in [3.8, 4) is 0 Å². The van der Waals surface area contributed by atoms with E-state index in [1.165, 1.54) is 25.7 Å². The molecule has 22 heavy (non-hydrogen) atoms. The highest BCUT2D eigenvalue weighted by atomic mass is 32.2. The van der Waals surface area contributed by atoms with Gasteiger partial charge in [0.1, 0.15) is 0 Å². The van der Waals surface area contributed by atoms with Crippen molar-refractivity contribution >= 4 is 10.0 Å². The van der Waals surface area contributed by atoms with Crippen molar-refractivity contribution in [2.45, 2.75) is 56.9 Å². The third-order valence-electron chi connectivity index (χ3n) is 4.47. The minimum absolute atomic E-state index is 0.350. The lowest BCUT2D eigenvalue weighted by Gasteiger charge is -2.35. The minimum Gasteiger partial charge on any atom is -0.300 e. The van der Waals surface area contributed by atoms with E-state index in [1.54, 1.807) is 12.1 Å². The number of hydrogen-bond donors (Lipinski definition) is 1. The highest BCUT2D eigenvalue weighted by molar-refractivity contribution is 7.89. The van der Waals surface area contributed by atoms with Gasteiger partial charge >= 0.3 is 0 Å². The fourth-order valence-corrected chi connectivity index (χ4v) is 4.18. The van der Waals surface area contributed by atoms with E-state index in [4.69, 9.17) is 0 Å². The number of nitrogens with one attached hydrogen (secondary N) is 1. The molecular weight excluding hydrogens is 296 g/mol. The highest BCUT2D eigenvalue weighted by Gasteiger charge is 2.20. The van der Waals surface area contributed by atoms with Crippen molar-refractivity contribution < 1.29 is 8.42 Å². The fourth-order valence-electron chi connectivity index (χ4n) is 3.11. The molecule has 0 spiro atoms. The van der Waals surface area contributed by atoms with Gasteiger partial charge in [0, 0.05) is 12.6 Å². The molecule has 0 aliphatic carbocycles. The molecule has 4 nitrogen and oxygen atoms in total.